The molecule has 3 N–H and O–H groups in total. The summed E-state index contributed by atoms with van der Waals surface area (Å²) < 4.78 is 5.19. The summed E-state index contributed by atoms with van der Waals surface area (Å²) in [7, 11) is 1.62. The molecule has 0 saturated carbocycles. The minimum absolute atomic E-state index is 0.124. The van der Waals surface area contributed by atoms with Crippen molar-refractivity contribution in [2.24, 2.45) is 0 Å². The van der Waals surface area contributed by atoms with Crippen molar-refractivity contribution >= 4 is 11.6 Å². The van der Waals surface area contributed by atoms with Crippen LogP contribution in [0, 0.1) is 10.1 Å². The first-order valence-corrected chi connectivity index (χ1v) is 6.41. The number of nitro groups is 1. The Morgan fingerprint density at radius 2 is 2.45 bits per heavy atom. The number of aromatic amines is 1. The maximum atomic E-state index is 12.0. The summed E-state index contributed by atoms with van der Waals surface area (Å²) >= 11 is 0. The predicted molar refractivity (Wildman–Crippen MR) is 71.6 cm³/mol. The van der Waals surface area contributed by atoms with Crippen LogP contribution in [0.15, 0.2) is 12.3 Å². The van der Waals surface area contributed by atoms with Gasteiger partial charge in [0.1, 0.15) is 5.69 Å². The smallest absolute Gasteiger partial charge is 0.287 e. The van der Waals surface area contributed by atoms with E-state index < -0.39 is 4.92 Å². The molecule has 0 spiro atoms. The highest BCUT2D eigenvalue weighted by Crippen LogP contribution is 2.19. The normalized spacial score (nSPS) is 21.9. The number of methoxy groups -OCH3 is 1. The lowest BCUT2D eigenvalue weighted by Gasteiger charge is -2.28. The van der Waals surface area contributed by atoms with Crippen LogP contribution < -0.4 is 10.6 Å². The standard InChI is InChI=1S/C12H18N4O4/c1-20-8-12(3-2-4-15-12)7-14-11(17)10-5-9(6-13-10)16(18)19/h5-6,13,15H,2-4,7-8H2,1H3,(H,14,17). The number of carbonyl (C=O) groups is 1. The molecule has 0 aliphatic carbocycles. The number of amides is 1. The third-order valence-corrected chi connectivity index (χ3v) is 3.46. The molecular formula is C12H18N4O4. The first kappa shape index (κ1) is 14.5. The molecular weight excluding hydrogens is 264 g/mol. The molecule has 1 atom stereocenters. The Hall–Kier alpha value is -1.93. The molecule has 0 radical (unpaired) electrons. The molecule has 0 aromatic carbocycles. The average Bonchev–Trinajstić information content (AvgIpc) is 3.06. The van der Waals surface area contributed by atoms with Gasteiger partial charge in [-0.3, -0.25) is 14.9 Å². The van der Waals surface area contributed by atoms with Crippen molar-refractivity contribution in [2.75, 3.05) is 26.8 Å². The molecule has 1 unspecified atom stereocenters. The summed E-state index contributed by atoms with van der Waals surface area (Å²) in [4.78, 5) is 24.6. The zero-order valence-corrected chi connectivity index (χ0v) is 11.3. The van der Waals surface area contributed by atoms with Crippen molar-refractivity contribution in [1.82, 2.24) is 15.6 Å². The molecule has 8 nitrogen and oxygen atoms in total. The Labute approximate surface area is 116 Å². The second-order valence-corrected chi connectivity index (χ2v) is 4.96. The molecule has 1 fully saturated rings. The average molecular weight is 282 g/mol. The highest BCUT2D eigenvalue weighted by Gasteiger charge is 2.34. The topological polar surface area (TPSA) is 109 Å². The molecule has 8 heteroatoms. The van der Waals surface area contributed by atoms with Gasteiger partial charge in [0.15, 0.2) is 0 Å². The summed E-state index contributed by atoms with van der Waals surface area (Å²) in [5, 5.41) is 16.7. The van der Waals surface area contributed by atoms with E-state index in [0.717, 1.165) is 19.4 Å². The molecule has 1 amide bonds. The fourth-order valence-corrected chi connectivity index (χ4v) is 2.43. The van der Waals surface area contributed by atoms with Gasteiger partial charge >= 0.3 is 0 Å². The number of rotatable bonds is 6. The van der Waals surface area contributed by atoms with Gasteiger partial charge in [-0.2, -0.15) is 0 Å². The Bertz CT molecular complexity index is 493. The first-order valence-electron chi connectivity index (χ1n) is 6.41. The lowest BCUT2D eigenvalue weighted by molar-refractivity contribution is -0.384. The van der Waals surface area contributed by atoms with Gasteiger partial charge in [0.25, 0.3) is 11.6 Å². The van der Waals surface area contributed by atoms with Gasteiger partial charge in [-0.05, 0) is 19.4 Å². The molecule has 0 bridgehead atoms. The number of H-pyrrole nitrogens is 1. The van der Waals surface area contributed by atoms with E-state index in [0.29, 0.717) is 13.2 Å². The number of hydrogen-bond donors (Lipinski definition) is 3. The van der Waals surface area contributed by atoms with Gasteiger partial charge in [0.2, 0.25) is 0 Å². The highest BCUT2D eigenvalue weighted by molar-refractivity contribution is 5.93. The van der Waals surface area contributed by atoms with Crippen LogP contribution in [0.3, 0.4) is 0 Å². The predicted octanol–water partition coefficient (Wildman–Crippen LogP) is 0.421. The fraction of sp³-hybridized carbons (Fsp3) is 0.583. The lowest BCUT2D eigenvalue weighted by Crippen LogP contribution is -2.53. The molecule has 1 aliphatic heterocycles. The lowest BCUT2D eigenvalue weighted by atomic mass is 9.98. The number of nitrogens with zero attached hydrogens (tertiary/aromatic N) is 1. The highest BCUT2D eigenvalue weighted by atomic mass is 16.6. The van der Waals surface area contributed by atoms with Crippen LogP contribution in [0.5, 0.6) is 0 Å². The largest absolute Gasteiger partial charge is 0.383 e. The molecule has 1 aromatic heterocycles. The maximum Gasteiger partial charge on any atom is 0.287 e. The van der Waals surface area contributed by atoms with E-state index in [9.17, 15) is 14.9 Å². The minimum atomic E-state index is -0.543. The van der Waals surface area contributed by atoms with E-state index in [2.05, 4.69) is 15.6 Å². The summed E-state index contributed by atoms with van der Waals surface area (Å²) in [5.74, 6) is -0.359. The van der Waals surface area contributed by atoms with E-state index in [1.807, 2.05) is 0 Å². The van der Waals surface area contributed by atoms with Crippen molar-refractivity contribution in [3.63, 3.8) is 0 Å². The van der Waals surface area contributed by atoms with Crippen LogP contribution in [0.1, 0.15) is 23.3 Å². The van der Waals surface area contributed by atoms with Crippen molar-refractivity contribution in [1.29, 1.82) is 0 Å². The summed E-state index contributed by atoms with van der Waals surface area (Å²) in [6, 6.07) is 1.22. The van der Waals surface area contributed by atoms with Crippen LogP contribution in [-0.2, 0) is 4.74 Å². The van der Waals surface area contributed by atoms with Crippen LogP contribution in [0.25, 0.3) is 0 Å². The van der Waals surface area contributed by atoms with Gasteiger partial charge in [-0.1, -0.05) is 0 Å². The van der Waals surface area contributed by atoms with Gasteiger partial charge in [-0.25, -0.2) is 0 Å². The molecule has 1 aromatic rings. The SMILES string of the molecule is COCC1(CNC(=O)c2cc([N+](=O)[O-])c[nH]2)CCCN1. The van der Waals surface area contributed by atoms with Crippen LogP contribution in [0.4, 0.5) is 5.69 Å². The van der Waals surface area contributed by atoms with Crippen molar-refractivity contribution in [3.05, 3.63) is 28.1 Å². The van der Waals surface area contributed by atoms with Gasteiger partial charge in [0, 0.05) is 19.7 Å². The number of nitrogens with one attached hydrogen (secondary N) is 3. The fourth-order valence-electron chi connectivity index (χ4n) is 2.43. The quantitative estimate of drug-likeness (QED) is 0.517. The zero-order valence-electron chi connectivity index (χ0n) is 11.3. The Balaban J connectivity index is 1.95. The van der Waals surface area contributed by atoms with E-state index in [1.54, 1.807) is 7.11 Å². The second-order valence-electron chi connectivity index (χ2n) is 4.96. The number of ether oxygens (including phenoxy) is 1. The number of aromatic nitrogens is 1. The van der Waals surface area contributed by atoms with Crippen LogP contribution >= 0.6 is 0 Å². The monoisotopic (exact) mass is 282 g/mol. The van der Waals surface area contributed by atoms with Gasteiger partial charge in [0.05, 0.1) is 23.3 Å². The number of hydrogen-bond acceptors (Lipinski definition) is 5. The third kappa shape index (κ3) is 3.14. The minimum Gasteiger partial charge on any atom is -0.383 e. The van der Waals surface area contributed by atoms with Crippen LogP contribution in [0.2, 0.25) is 0 Å². The van der Waals surface area contributed by atoms with Gasteiger partial charge in [-0.15, -0.1) is 0 Å². The van der Waals surface area contributed by atoms with Gasteiger partial charge < -0.3 is 20.4 Å². The molecule has 1 aliphatic rings. The third-order valence-electron chi connectivity index (χ3n) is 3.46. The summed E-state index contributed by atoms with van der Waals surface area (Å²) in [5.41, 5.74) is -0.189. The number of carbonyl (C=O) groups excluding carboxylic acids is 1. The Morgan fingerprint density at radius 1 is 1.65 bits per heavy atom. The zero-order chi connectivity index (χ0) is 14.6. The maximum absolute atomic E-state index is 12.0. The van der Waals surface area contributed by atoms with E-state index in [4.69, 9.17) is 4.74 Å². The van der Waals surface area contributed by atoms with E-state index in [1.165, 1.54) is 12.3 Å². The molecule has 20 heavy (non-hydrogen) atoms. The van der Waals surface area contributed by atoms with E-state index >= 15 is 0 Å². The molecule has 2 heterocycles. The summed E-state index contributed by atoms with van der Waals surface area (Å²) in [6.45, 7) is 1.83. The Morgan fingerprint density at radius 3 is 3.00 bits per heavy atom. The second kappa shape index (κ2) is 6.02. The van der Waals surface area contributed by atoms with Crippen LogP contribution in [-0.4, -0.2) is 48.2 Å². The Kier molecular flexibility index (Phi) is 4.35. The van der Waals surface area contributed by atoms with Crippen molar-refractivity contribution < 1.29 is 14.5 Å². The van der Waals surface area contributed by atoms with Crippen molar-refractivity contribution in [3.8, 4) is 0 Å². The van der Waals surface area contributed by atoms with E-state index in [-0.39, 0.29) is 22.8 Å². The molecule has 1 saturated heterocycles. The molecule has 110 valence electrons. The molecule has 2 rings (SSSR count). The first-order chi connectivity index (χ1) is 9.56. The van der Waals surface area contributed by atoms with Crippen molar-refractivity contribution in [2.45, 2.75) is 18.4 Å². The summed E-state index contributed by atoms with van der Waals surface area (Å²) in [6.07, 6.45) is 3.16.